The zero-order valence-corrected chi connectivity index (χ0v) is 18.3. The second-order valence-electron chi connectivity index (χ2n) is 5.58. The Morgan fingerprint density at radius 2 is 1.93 bits per heavy atom. The monoisotopic (exact) mass is 528 g/mol. The lowest BCUT2D eigenvalue weighted by Crippen LogP contribution is -2.40. The molecule has 1 unspecified atom stereocenters. The summed E-state index contributed by atoms with van der Waals surface area (Å²) in [5.41, 5.74) is -0.0587. The van der Waals surface area contributed by atoms with Gasteiger partial charge in [0.2, 0.25) is 5.95 Å². The van der Waals surface area contributed by atoms with Crippen LogP contribution < -0.4 is 16.0 Å². The predicted molar refractivity (Wildman–Crippen MR) is 115 cm³/mol. The predicted octanol–water partition coefficient (Wildman–Crippen LogP) is 4.10. The molecule has 1 heterocycles. The van der Waals surface area contributed by atoms with E-state index in [1.54, 1.807) is 7.05 Å². The molecule has 0 aliphatic rings. The Labute approximate surface area is 183 Å². The minimum atomic E-state index is -4.50. The molecule has 0 aliphatic heterocycles. The summed E-state index contributed by atoms with van der Waals surface area (Å²) < 4.78 is 37.9. The molecule has 1 aromatic heterocycles. The standard InChI is InChI=1S/C17H20ClF3N6.HI/c1-11(12-5-3-4-6-13(12)18)26-15(22-2)24-9-10-25-16-23-8-7-14(27-16)17(19,20)21;/h3-8,11H,9-10H2,1-2H3,(H2,22,24,26)(H,23,25,27);1H. The zero-order valence-electron chi connectivity index (χ0n) is 15.2. The molecule has 0 saturated carbocycles. The summed E-state index contributed by atoms with van der Waals surface area (Å²) in [5, 5.41) is 9.65. The SMILES string of the molecule is CN=C(NCCNc1nccc(C(F)(F)F)n1)NC(C)c1ccccc1Cl.I. The van der Waals surface area contributed by atoms with Gasteiger partial charge < -0.3 is 16.0 Å². The van der Waals surface area contributed by atoms with Crippen LogP contribution in [0.25, 0.3) is 0 Å². The Morgan fingerprint density at radius 3 is 2.57 bits per heavy atom. The van der Waals surface area contributed by atoms with Gasteiger partial charge in [0.1, 0.15) is 5.69 Å². The second-order valence-corrected chi connectivity index (χ2v) is 5.98. The number of anilines is 1. The molecule has 3 N–H and O–H groups in total. The van der Waals surface area contributed by atoms with Gasteiger partial charge in [-0.05, 0) is 24.6 Å². The Kier molecular flexibility index (Phi) is 9.73. The molecule has 11 heteroatoms. The molecule has 0 fully saturated rings. The number of hydrogen-bond donors (Lipinski definition) is 3. The number of benzene rings is 1. The van der Waals surface area contributed by atoms with Crippen molar-refractivity contribution in [2.45, 2.75) is 19.1 Å². The number of halogens is 5. The van der Waals surface area contributed by atoms with Crippen molar-refractivity contribution in [2.24, 2.45) is 4.99 Å². The summed E-state index contributed by atoms with van der Waals surface area (Å²) in [6.45, 7) is 2.65. The number of hydrogen-bond acceptors (Lipinski definition) is 4. The Morgan fingerprint density at radius 1 is 1.21 bits per heavy atom. The summed E-state index contributed by atoms with van der Waals surface area (Å²) >= 11 is 6.18. The number of rotatable bonds is 6. The van der Waals surface area contributed by atoms with Crippen LogP contribution in [0.2, 0.25) is 5.02 Å². The fraction of sp³-hybridized carbons (Fsp3) is 0.353. The topological polar surface area (TPSA) is 74.2 Å². The van der Waals surface area contributed by atoms with Crippen LogP contribution >= 0.6 is 35.6 Å². The van der Waals surface area contributed by atoms with Crippen LogP contribution in [0, 0.1) is 0 Å². The lowest BCUT2D eigenvalue weighted by Gasteiger charge is -2.19. The number of aliphatic imine (C=N–C) groups is 1. The quantitative estimate of drug-likeness (QED) is 0.228. The molecule has 2 rings (SSSR count). The van der Waals surface area contributed by atoms with E-state index in [0.717, 1.165) is 17.8 Å². The molecule has 154 valence electrons. The molecule has 0 aliphatic carbocycles. The number of aromatic nitrogens is 2. The molecule has 0 amide bonds. The van der Waals surface area contributed by atoms with E-state index in [2.05, 4.69) is 30.9 Å². The first-order valence-corrected chi connectivity index (χ1v) is 8.54. The first-order chi connectivity index (χ1) is 12.8. The van der Waals surface area contributed by atoms with Gasteiger partial charge in [-0.1, -0.05) is 29.8 Å². The maximum absolute atomic E-state index is 12.6. The Balaban J connectivity index is 0.00000392. The van der Waals surface area contributed by atoms with Crippen LogP contribution in [-0.4, -0.2) is 36.1 Å². The Bertz CT molecular complexity index is 787. The minimum Gasteiger partial charge on any atom is -0.355 e. The number of nitrogens with one attached hydrogen (secondary N) is 3. The van der Waals surface area contributed by atoms with Crippen molar-refractivity contribution in [3.63, 3.8) is 0 Å². The second kappa shape index (κ2) is 11.2. The molecule has 6 nitrogen and oxygen atoms in total. The third kappa shape index (κ3) is 7.30. The van der Waals surface area contributed by atoms with E-state index < -0.39 is 11.9 Å². The highest BCUT2D eigenvalue weighted by atomic mass is 127. The maximum Gasteiger partial charge on any atom is 0.433 e. The summed E-state index contributed by atoms with van der Waals surface area (Å²) in [5.74, 6) is 0.452. The highest BCUT2D eigenvalue weighted by molar-refractivity contribution is 14.0. The lowest BCUT2D eigenvalue weighted by molar-refractivity contribution is -0.141. The molecule has 28 heavy (non-hydrogen) atoms. The van der Waals surface area contributed by atoms with Gasteiger partial charge in [0.15, 0.2) is 5.96 Å². The molecule has 0 spiro atoms. The van der Waals surface area contributed by atoms with Crippen molar-refractivity contribution in [1.29, 1.82) is 0 Å². The van der Waals surface area contributed by atoms with Crippen molar-refractivity contribution in [1.82, 2.24) is 20.6 Å². The van der Waals surface area contributed by atoms with Crippen molar-refractivity contribution in [3.8, 4) is 0 Å². The third-order valence-corrected chi connectivity index (χ3v) is 3.94. The highest BCUT2D eigenvalue weighted by Crippen LogP contribution is 2.27. The van der Waals surface area contributed by atoms with Crippen LogP contribution in [0.5, 0.6) is 0 Å². The van der Waals surface area contributed by atoms with Crippen LogP contribution in [-0.2, 0) is 6.18 Å². The van der Waals surface area contributed by atoms with Gasteiger partial charge in [-0.15, -0.1) is 24.0 Å². The molecular formula is C17H21ClF3IN6. The first kappa shape index (κ1) is 24.2. The van der Waals surface area contributed by atoms with E-state index in [4.69, 9.17) is 11.6 Å². The normalized spacial score (nSPS) is 12.7. The molecular weight excluding hydrogens is 508 g/mol. The van der Waals surface area contributed by atoms with Crippen LogP contribution in [0.1, 0.15) is 24.2 Å². The average Bonchev–Trinajstić information content (AvgIpc) is 2.64. The van der Waals surface area contributed by atoms with Crippen molar-refractivity contribution in [3.05, 3.63) is 52.8 Å². The Hall–Kier alpha value is -1.82. The molecule has 1 atom stereocenters. The fourth-order valence-corrected chi connectivity index (χ4v) is 2.56. The van der Waals surface area contributed by atoms with E-state index in [-0.39, 0.29) is 36.0 Å². The van der Waals surface area contributed by atoms with Crippen LogP contribution in [0.3, 0.4) is 0 Å². The third-order valence-electron chi connectivity index (χ3n) is 3.60. The van der Waals surface area contributed by atoms with Crippen LogP contribution in [0.15, 0.2) is 41.5 Å². The fourth-order valence-electron chi connectivity index (χ4n) is 2.26. The lowest BCUT2D eigenvalue weighted by atomic mass is 10.1. The summed E-state index contributed by atoms with van der Waals surface area (Å²) in [6, 6.07) is 8.22. The van der Waals surface area contributed by atoms with E-state index in [0.29, 0.717) is 24.1 Å². The number of nitrogens with zero attached hydrogens (tertiary/aromatic N) is 3. The molecule has 0 radical (unpaired) electrons. The van der Waals surface area contributed by atoms with E-state index in [9.17, 15) is 13.2 Å². The average molecular weight is 529 g/mol. The van der Waals surface area contributed by atoms with Gasteiger partial charge in [-0.3, -0.25) is 4.99 Å². The minimum absolute atomic E-state index is 0. The van der Waals surface area contributed by atoms with E-state index >= 15 is 0 Å². The van der Waals surface area contributed by atoms with Gasteiger partial charge in [0, 0.05) is 31.4 Å². The number of alkyl halides is 3. The van der Waals surface area contributed by atoms with Gasteiger partial charge in [-0.25, -0.2) is 9.97 Å². The van der Waals surface area contributed by atoms with Gasteiger partial charge in [0.05, 0.1) is 6.04 Å². The van der Waals surface area contributed by atoms with Gasteiger partial charge in [-0.2, -0.15) is 13.2 Å². The molecule has 2 aromatic rings. The first-order valence-electron chi connectivity index (χ1n) is 8.17. The highest BCUT2D eigenvalue weighted by Gasteiger charge is 2.32. The van der Waals surface area contributed by atoms with Crippen molar-refractivity contribution in [2.75, 3.05) is 25.5 Å². The largest absolute Gasteiger partial charge is 0.433 e. The molecule has 0 saturated heterocycles. The zero-order chi connectivity index (χ0) is 19.9. The van der Waals surface area contributed by atoms with Crippen molar-refractivity contribution < 1.29 is 13.2 Å². The smallest absolute Gasteiger partial charge is 0.355 e. The van der Waals surface area contributed by atoms with Gasteiger partial charge in [0.25, 0.3) is 0 Å². The molecule has 1 aromatic carbocycles. The molecule has 0 bridgehead atoms. The van der Waals surface area contributed by atoms with Crippen molar-refractivity contribution >= 4 is 47.5 Å². The van der Waals surface area contributed by atoms with E-state index in [1.807, 2.05) is 31.2 Å². The maximum atomic E-state index is 12.6. The number of guanidine groups is 1. The van der Waals surface area contributed by atoms with Gasteiger partial charge >= 0.3 is 6.18 Å². The van der Waals surface area contributed by atoms with E-state index in [1.165, 1.54) is 0 Å². The summed E-state index contributed by atoms with van der Waals surface area (Å²) in [4.78, 5) is 11.3. The van der Waals surface area contributed by atoms with Crippen LogP contribution in [0.4, 0.5) is 19.1 Å². The summed E-state index contributed by atoms with van der Waals surface area (Å²) in [6.07, 6.45) is -3.43. The summed E-state index contributed by atoms with van der Waals surface area (Å²) in [7, 11) is 1.62.